The molecular weight excluding hydrogens is 350 g/mol. The first-order valence-corrected chi connectivity index (χ1v) is 8.03. The molecule has 0 heterocycles. The first kappa shape index (κ1) is 19.8. The monoisotopic (exact) mass is 371 g/mol. The van der Waals surface area contributed by atoms with E-state index in [1.807, 2.05) is 0 Å². The van der Waals surface area contributed by atoms with Crippen LogP contribution < -0.4 is 25.0 Å². The van der Waals surface area contributed by atoms with Gasteiger partial charge in [0.05, 0.1) is 34.1 Å². The fourth-order valence-corrected chi connectivity index (χ4v) is 2.18. The van der Waals surface area contributed by atoms with Gasteiger partial charge in [-0.15, -0.1) is 0 Å². The number of hydrogen-bond donors (Lipinski definition) is 2. The van der Waals surface area contributed by atoms with Crippen LogP contribution in [0.4, 0.5) is 0 Å². The molecule has 0 unspecified atom stereocenters. The average molecular weight is 371 g/mol. The van der Waals surface area contributed by atoms with E-state index in [0.717, 1.165) is 0 Å². The Kier molecular flexibility index (Phi) is 7.18. The van der Waals surface area contributed by atoms with Crippen LogP contribution >= 0.6 is 0 Å². The summed E-state index contributed by atoms with van der Waals surface area (Å²) in [6.07, 6.45) is 1.46. The van der Waals surface area contributed by atoms with Crippen molar-refractivity contribution in [3.63, 3.8) is 0 Å². The quantitative estimate of drug-likeness (QED) is 0.542. The lowest BCUT2D eigenvalue weighted by atomic mass is 10.2. The molecule has 0 saturated heterocycles. The van der Waals surface area contributed by atoms with E-state index >= 15 is 0 Å². The minimum Gasteiger partial charge on any atom is -0.497 e. The number of methoxy groups -OCH3 is 3. The first-order valence-electron chi connectivity index (χ1n) is 8.03. The third-order valence-electron chi connectivity index (χ3n) is 3.55. The van der Waals surface area contributed by atoms with Crippen molar-refractivity contribution >= 4 is 18.0 Å². The van der Waals surface area contributed by atoms with Crippen molar-refractivity contribution in [1.82, 2.24) is 10.7 Å². The normalized spacial score (nSPS) is 10.3. The van der Waals surface area contributed by atoms with Gasteiger partial charge in [-0.05, 0) is 42.0 Å². The van der Waals surface area contributed by atoms with Gasteiger partial charge in [0, 0.05) is 5.56 Å². The van der Waals surface area contributed by atoms with E-state index < -0.39 is 5.91 Å². The van der Waals surface area contributed by atoms with Crippen LogP contribution in [0.25, 0.3) is 0 Å². The molecule has 0 aromatic heterocycles. The van der Waals surface area contributed by atoms with Crippen molar-refractivity contribution in [2.45, 2.75) is 0 Å². The fourth-order valence-electron chi connectivity index (χ4n) is 2.18. The largest absolute Gasteiger partial charge is 0.497 e. The maximum Gasteiger partial charge on any atom is 0.259 e. The third kappa shape index (κ3) is 5.74. The van der Waals surface area contributed by atoms with Gasteiger partial charge in [0.15, 0.2) is 11.5 Å². The number of hydrogen-bond acceptors (Lipinski definition) is 6. The van der Waals surface area contributed by atoms with Gasteiger partial charge in [-0.1, -0.05) is 6.07 Å². The van der Waals surface area contributed by atoms with Gasteiger partial charge in [0.1, 0.15) is 5.75 Å². The molecule has 0 radical (unpaired) electrons. The molecule has 2 amide bonds. The van der Waals surface area contributed by atoms with Crippen LogP contribution in [0.5, 0.6) is 17.2 Å². The molecule has 0 aliphatic carbocycles. The molecule has 0 fully saturated rings. The third-order valence-corrected chi connectivity index (χ3v) is 3.55. The molecule has 2 rings (SSSR count). The van der Waals surface area contributed by atoms with Crippen molar-refractivity contribution < 1.29 is 23.8 Å². The molecule has 0 saturated carbocycles. The van der Waals surface area contributed by atoms with Crippen LogP contribution in [0.1, 0.15) is 15.9 Å². The number of carbonyl (C=O) groups is 2. The molecule has 8 nitrogen and oxygen atoms in total. The number of carbonyl (C=O) groups excluding carboxylic acids is 2. The van der Waals surface area contributed by atoms with Gasteiger partial charge in [-0.2, -0.15) is 5.10 Å². The van der Waals surface area contributed by atoms with Crippen molar-refractivity contribution in [1.29, 1.82) is 0 Å². The Bertz CT molecular complexity index is 836. The summed E-state index contributed by atoms with van der Waals surface area (Å²) < 4.78 is 15.4. The maximum absolute atomic E-state index is 12.0. The van der Waals surface area contributed by atoms with Gasteiger partial charge in [0.25, 0.3) is 11.8 Å². The van der Waals surface area contributed by atoms with E-state index in [4.69, 9.17) is 14.2 Å². The molecule has 2 aromatic rings. The van der Waals surface area contributed by atoms with E-state index in [2.05, 4.69) is 15.8 Å². The number of nitrogens with one attached hydrogen (secondary N) is 2. The van der Waals surface area contributed by atoms with Crippen molar-refractivity contribution in [3.05, 3.63) is 53.6 Å². The van der Waals surface area contributed by atoms with Crippen LogP contribution in [-0.2, 0) is 4.79 Å². The predicted octanol–water partition coefficient (Wildman–Crippen LogP) is 1.59. The van der Waals surface area contributed by atoms with E-state index in [0.29, 0.717) is 28.4 Å². The highest BCUT2D eigenvalue weighted by Gasteiger charge is 2.08. The first-order chi connectivity index (χ1) is 13.1. The zero-order valence-corrected chi connectivity index (χ0v) is 15.3. The standard InChI is InChI=1S/C19H21N3O5/c1-25-15-6-4-5-14(10-15)19(24)20-12-18(23)22-21-11-13-7-8-16(26-2)17(9-13)27-3/h4-11H,12H2,1-3H3,(H,20,24)(H,22,23)/b21-11-. The Morgan fingerprint density at radius 3 is 2.48 bits per heavy atom. The number of rotatable bonds is 8. The SMILES string of the molecule is COc1cccc(C(=O)NCC(=O)N/N=C\c2ccc(OC)c(OC)c2)c1. The van der Waals surface area contributed by atoms with Crippen LogP contribution in [0, 0.1) is 0 Å². The zero-order chi connectivity index (χ0) is 19.6. The minimum absolute atomic E-state index is 0.209. The van der Waals surface area contributed by atoms with E-state index in [1.54, 1.807) is 49.6 Å². The molecule has 0 atom stereocenters. The van der Waals surface area contributed by atoms with Crippen LogP contribution in [0.3, 0.4) is 0 Å². The summed E-state index contributed by atoms with van der Waals surface area (Å²) in [5.74, 6) is 0.875. The van der Waals surface area contributed by atoms with Gasteiger partial charge in [0.2, 0.25) is 0 Å². The topological polar surface area (TPSA) is 98.2 Å². The van der Waals surface area contributed by atoms with Gasteiger partial charge in [-0.3, -0.25) is 9.59 Å². The lowest BCUT2D eigenvalue weighted by Gasteiger charge is -2.07. The number of hydrazone groups is 1. The highest BCUT2D eigenvalue weighted by molar-refractivity contribution is 5.96. The highest BCUT2D eigenvalue weighted by Crippen LogP contribution is 2.26. The zero-order valence-electron chi connectivity index (χ0n) is 15.3. The summed E-state index contributed by atoms with van der Waals surface area (Å²) >= 11 is 0. The molecule has 0 aliphatic rings. The van der Waals surface area contributed by atoms with Crippen LogP contribution in [0.15, 0.2) is 47.6 Å². The average Bonchev–Trinajstić information content (AvgIpc) is 2.71. The summed E-state index contributed by atoms with van der Waals surface area (Å²) in [5.41, 5.74) is 3.46. The predicted molar refractivity (Wildman–Crippen MR) is 101 cm³/mol. The molecule has 2 aromatic carbocycles. The Balaban J connectivity index is 1.85. The summed E-state index contributed by atoms with van der Waals surface area (Å²) in [7, 11) is 4.60. The molecule has 0 aliphatic heterocycles. The number of ether oxygens (including phenoxy) is 3. The summed E-state index contributed by atoms with van der Waals surface area (Å²) in [4.78, 5) is 23.8. The summed E-state index contributed by atoms with van der Waals surface area (Å²) in [6, 6.07) is 11.9. The number of amides is 2. The van der Waals surface area contributed by atoms with Crippen LogP contribution in [-0.4, -0.2) is 45.9 Å². The lowest BCUT2D eigenvalue weighted by molar-refractivity contribution is -0.120. The smallest absolute Gasteiger partial charge is 0.259 e. The molecule has 0 spiro atoms. The Hall–Kier alpha value is -3.55. The molecule has 2 N–H and O–H groups in total. The Morgan fingerprint density at radius 1 is 1.00 bits per heavy atom. The second kappa shape index (κ2) is 9.81. The molecular formula is C19H21N3O5. The van der Waals surface area contributed by atoms with Crippen molar-refractivity contribution in [3.8, 4) is 17.2 Å². The van der Waals surface area contributed by atoms with Crippen molar-refractivity contribution in [2.24, 2.45) is 5.10 Å². The summed E-state index contributed by atoms with van der Waals surface area (Å²) in [6.45, 7) is -0.209. The van der Waals surface area contributed by atoms with Gasteiger partial charge >= 0.3 is 0 Å². The van der Waals surface area contributed by atoms with Crippen molar-refractivity contribution in [2.75, 3.05) is 27.9 Å². The van der Waals surface area contributed by atoms with Crippen LogP contribution in [0.2, 0.25) is 0 Å². The Morgan fingerprint density at radius 2 is 1.78 bits per heavy atom. The Labute approximate surface area is 157 Å². The number of benzene rings is 2. The maximum atomic E-state index is 12.0. The van der Waals surface area contributed by atoms with E-state index in [9.17, 15) is 9.59 Å². The van der Waals surface area contributed by atoms with E-state index in [1.165, 1.54) is 20.4 Å². The molecule has 8 heteroatoms. The highest BCUT2D eigenvalue weighted by atomic mass is 16.5. The molecule has 0 bridgehead atoms. The number of nitrogens with zero attached hydrogens (tertiary/aromatic N) is 1. The lowest BCUT2D eigenvalue weighted by Crippen LogP contribution is -2.34. The minimum atomic E-state index is -0.456. The second-order valence-corrected chi connectivity index (χ2v) is 5.32. The second-order valence-electron chi connectivity index (χ2n) is 5.32. The summed E-state index contributed by atoms with van der Waals surface area (Å²) in [5, 5.41) is 6.37. The van der Waals surface area contributed by atoms with E-state index in [-0.39, 0.29) is 12.5 Å². The molecule has 142 valence electrons. The van der Waals surface area contributed by atoms with Gasteiger partial charge in [-0.25, -0.2) is 5.43 Å². The molecule has 27 heavy (non-hydrogen) atoms. The fraction of sp³-hybridized carbons (Fsp3) is 0.211. The van der Waals surface area contributed by atoms with Gasteiger partial charge < -0.3 is 19.5 Å².